The van der Waals surface area contributed by atoms with E-state index in [0.29, 0.717) is 11.1 Å². The van der Waals surface area contributed by atoms with E-state index in [0.717, 1.165) is 16.8 Å². The molecule has 4 rings (SSSR count). The molecule has 0 aliphatic heterocycles. The summed E-state index contributed by atoms with van der Waals surface area (Å²) in [6.07, 6.45) is -0.812. The molecule has 2 heterocycles. The van der Waals surface area contributed by atoms with Crippen LogP contribution in [0.4, 0.5) is 0 Å². The van der Waals surface area contributed by atoms with Gasteiger partial charge in [0.2, 0.25) is 0 Å². The Morgan fingerprint density at radius 1 is 0.800 bits per heavy atom. The van der Waals surface area contributed by atoms with Gasteiger partial charge in [-0.25, -0.2) is 9.69 Å². The Bertz CT molecular complexity index is 1250. The van der Waals surface area contributed by atoms with Gasteiger partial charge in [-0.15, -0.1) is 0 Å². The molecule has 0 spiro atoms. The molecule has 0 radical (unpaired) electrons. The molecule has 2 aromatic heterocycles. The second-order valence-electron chi connectivity index (χ2n) is 8.12. The zero-order chi connectivity index (χ0) is 25.7. The molecule has 0 saturated heterocycles. The van der Waals surface area contributed by atoms with Gasteiger partial charge >= 0.3 is 5.97 Å². The van der Waals surface area contributed by atoms with E-state index in [2.05, 4.69) is 0 Å². The molecular formula is C27H30N2O6. The number of rotatable bonds is 6. The molecule has 8 nitrogen and oxygen atoms in total. The van der Waals surface area contributed by atoms with E-state index in [1.54, 1.807) is 6.20 Å². The van der Waals surface area contributed by atoms with Gasteiger partial charge in [0, 0.05) is 6.20 Å². The highest BCUT2D eigenvalue weighted by Gasteiger charge is 2.22. The summed E-state index contributed by atoms with van der Waals surface area (Å²) in [7, 11) is 0. The maximum atomic E-state index is 11.3. The summed E-state index contributed by atoms with van der Waals surface area (Å²) in [6.45, 7) is 4.46. The Morgan fingerprint density at radius 3 is 1.71 bits per heavy atom. The molecule has 184 valence electrons. The summed E-state index contributed by atoms with van der Waals surface area (Å²) < 4.78 is 1.83. The summed E-state index contributed by atoms with van der Waals surface area (Å²) in [5.74, 6) is -0.946. The molecule has 0 saturated carbocycles. The molecule has 4 aromatic rings. The number of hydrogen-bond donors (Lipinski definition) is 5. The third-order valence-corrected chi connectivity index (χ3v) is 5.56. The van der Waals surface area contributed by atoms with Crippen LogP contribution < -0.4 is 0 Å². The lowest BCUT2D eigenvalue weighted by atomic mass is 10.0. The van der Waals surface area contributed by atoms with Crippen LogP contribution in [-0.4, -0.2) is 59.5 Å². The Kier molecular flexibility index (Phi) is 8.26. The molecule has 35 heavy (non-hydrogen) atoms. The minimum Gasteiger partial charge on any atom is -0.505 e. The maximum absolute atomic E-state index is 11.3. The molecule has 8 heteroatoms. The molecule has 2 aromatic carbocycles. The zero-order valence-electron chi connectivity index (χ0n) is 19.8. The number of aliphatic hydroxyl groups excluding tert-OH is 3. The van der Waals surface area contributed by atoms with Gasteiger partial charge in [0.1, 0.15) is 24.4 Å². The highest BCUT2D eigenvalue weighted by Crippen LogP contribution is 2.43. The number of aromatic hydroxyl groups is 1. The number of benzene rings is 2. The average molecular weight is 479 g/mol. The van der Waals surface area contributed by atoms with Crippen LogP contribution in [0.15, 0.2) is 79.0 Å². The number of aliphatic hydroxyl groups is 3. The number of hydrogen-bond acceptors (Lipinski definition) is 6. The Hall–Kier alpha value is -3.69. The van der Waals surface area contributed by atoms with Crippen molar-refractivity contribution < 1.29 is 30.3 Å². The highest BCUT2D eigenvalue weighted by molar-refractivity contribution is 5.96. The summed E-state index contributed by atoms with van der Waals surface area (Å²) >= 11 is 0. The first kappa shape index (κ1) is 25.9. The minimum absolute atomic E-state index is 0.0770. The molecule has 3 unspecified atom stereocenters. The number of fused-ring (bicyclic) bond motifs is 1. The molecular weight excluding hydrogens is 448 g/mol. The Labute approximate surface area is 203 Å². The second kappa shape index (κ2) is 11.2. The number of aromatic nitrogens is 1. The Morgan fingerprint density at radius 2 is 1.29 bits per heavy atom. The van der Waals surface area contributed by atoms with E-state index >= 15 is 0 Å². The Balaban J connectivity index is 0.000000292. The summed E-state index contributed by atoms with van der Waals surface area (Å²) in [6, 6.07) is 22.4. The number of nitrogens with zero attached hydrogens (tertiary/aromatic N) is 2. The smallest absolute Gasteiger partial charge is 0.335 e. The van der Waals surface area contributed by atoms with E-state index < -0.39 is 24.7 Å². The molecule has 0 amide bonds. The lowest BCUT2D eigenvalue weighted by molar-refractivity contribution is -0.159. The van der Waals surface area contributed by atoms with Crippen LogP contribution in [0.25, 0.3) is 27.9 Å². The molecule has 3 atom stereocenters. The topological polar surface area (TPSA) is 126 Å². The van der Waals surface area contributed by atoms with Gasteiger partial charge in [-0.05, 0) is 44.0 Å². The van der Waals surface area contributed by atoms with Crippen molar-refractivity contribution in [1.82, 2.24) is 9.30 Å². The van der Waals surface area contributed by atoms with Crippen molar-refractivity contribution in [3.8, 4) is 28.1 Å². The van der Waals surface area contributed by atoms with Crippen molar-refractivity contribution >= 4 is 11.5 Å². The largest absolute Gasteiger partial charge is 0.505 e. The van der Waals surface area contributed by atoms with Crippen LogP contribution in [0.3, 0.4) is 0 Å². The zero-order valence-corrected chi connectivity index (χ0v) is 19.8. The van der Waals surface area contributed by atoms with Crippen LogP contribution >= 0.6 is 0 Å². The third-order valence-electron chi connectivity index (χ3n) is 5.56. The summed E-state index contributed by atoms with van der Waals surface area (Å²) in [4.78, 5) is 12.5. The van der Waals surface area contributed by atoms with Crippen LogP contribution in [0.2, 0.25) is 0 Å². The SMILES string of the molecule is CC(O)N(C(C)O)C(C)O.O=C(O)c1ccn2c(-c3ccccc3)c(-c3ccccc3)c(O)c2c1. The highest BCUT2D eigenvalue weighted by atomic mass is 16.4. The number of carboxylic acid groups (broad SMARTS) is 1. The monoisotopic (exact) mass is 478 g/mol. The normalized spacial score (nSPS) is 13.7. The minimum atomic E-state index is -1.02. The lowest BCUT2D eigenvalue weighted by Gasteiger charge is -2.30. The number of carboxylic acids is 1. The molecule has 0 aliphatic rings. The van der Waals surface area contributed by atoms with Gasteiger partial charge < -0.3 is 29.9 Å². The third kappa shape index (κ3) is 5.70. The molecule has 5 N–H and O–H groups in total. The van der Waals surface area contributed by atoms with Gasteiger partial charge in [-0.1, -0.05) is 60.7 Å². The van der Waals surface area contributed by atoms with Crippen LogP contribution in [0.1, 0.15) is 31.1 Å². The van der Waals surface area contributed by atoms with Gasteiger partial charge in [-0.3, -0.25) is 0 Å². The quantitative estimate of drug-likeness (QED) is 0.265. The van der Waals surface area contributed by atoms with E-state index in [9.17, 15) is 15.0 Å². The fourth-order valence-electron chi connectivity index (χ4n) is 4.07. The second-order valence-corrected chi connectivity index (χ2v) is 8.12. The van der Waals surface area contributed by atoms with E-state index in [4.69, 9.17) is 15.3 Å². The van der Waals surface area contributed by atoms with E-state index in [1.807, 2.05) is 65.1 Å². The van der Waals surface area contributed by atoms with Crippen molar-refractivity contribution in [3.63, 3.8) is 0 Å². The summed E-state index contributed by atoms with van der Waals surface area (Å²) in [5.41, 5.74) is 3.95. The first-order valence-corrected chi connectivity index (χ1v) is 11.2. The maximum Gasteiger partial charge on any atom is 0.335 e. The average Bonchev–Trinajstić information content (AvgIpc) is 3.11. The van der Waals surface area contributed by atoms with Gasteiger partial charge in [0.15, 0.2) is 0 Å². The van der Waals surface area contributed by atoms with Crippen LogP contribution in [0.5, 0.6) is 5.75 Å². The van der Waals surface area contributed by atoms with Crippen LogP contribution in [0, 0.1) is 0 Å². The van der Waals surface area contributed by atoms with Crippen molar-refractivity contribution in [2.75, 3.05) is 0 Å². The summed E-state index contributed by atoms with van der Waals surface area (Å²) in [5, 5.41) is 47.0. The van der Waals surface area contributed by atoms with Gasteiger partial charge in [0.25, 0.3) is 0 Å². The molecule has 0 aliphatic carbocycles. The van der Waals surface area contributed by atoms with Crippen molar-refractivity contribution in [3.05, 3.63) is 84.6 Å². The van der Waals surface area contributed by atoms with E-state index in [-0.39, 0.29) is 11.3 Å². The first-order chi connectivity index (χ1) is 16.6. The number of carbonyl (C=O) groups is 1. The van der Waals surface area contributed by atoms with Gasteiger partial charge in [0.05, 0.1) is 22.3 Å². The van der Waals surface area contributed by atoms with E-state index in [1.165, 1.54) is 37.8 Å². The fraction of sp³-hybridized carbons (Fsp3) is 0.222. The molecule has 0 bridgehead atoms. The number of pyridine rings is 1. The predicted octanol–water partition coefficient (Wildman–Crippen LogP) is 3.98. The van der Waals surface area contributed by atoms with Crippen molar-refractivity contribution in [1.29, 1.82) is 0 Å². The predicted molar refractivity (Wildman–Crippen MR) is 134 cm³/mol. The fourth-order valence-corrected chi connectivity index (χ4v) is 4.07. The van der Waals surface area contributed by atoms with Crippen molar-refractivity contribution in [2.24, 2.45) is 0 Å². The molecule has 0 fully saturated rings. The number of aromatic carboxylic acids is 1. The standard InChI is InChI=1S/C21H15NO3.C6H15NO3/c23-20-17-13-16(21(24)25)11-12-22(17)19(15-9-5-2-6-10-15)18(20)14-7-3-1-4-8-14;1-4(8)7(5(2)9)6(3)10/h1-13,23H,(H,24,25);4-6,8-10H,1-3H3. The van der Waals surface area contributed by atoms with Crippen LogP contribution in [-0.2, 0) is 0 Å². The first-order valence-electron chi connectivity index (χ1n) is 11.2. The van der Waals surface area contributed by atoms with Crippen molar-refractivity contribution in [2.45, 2.75) is 39.5 Å². The van der Waals surface area contributed by atoms with Gasteiger partial charge in [-0.2, -0.15) is 0 Å². The lowest BCUT2D eigenvalue weighted by Crippen LogP contribution is -2.45.